The van der Waals surface area contributed by atoms with Crippen LogP contribution in [-0.2, 0) is 4.79 Å². The highest BCUT2D eigenvalue weighted by Gasteiger charge is 2.56. The molecule has 20 heavy (non-hydrogen) atoms. The Morgan fingerprint density at radius 1 is 1.50 bits per heavy atom. The second-order valence-electron chi connectivity index (χ2n) is 5.28. The Morgan fingerprint density at radius 3 is 3.00 bits per heavy atom. The fourth-order valence-electron chi connectivity index (χ4n) is 2.96. The molecule has 0 spiro atoms. The van der Waals surface area contributed by atoms with Crippen LogP contribution >= 0.6 is 0 Å². The molecular weight excluding hydrogens is 263 g/mol. The van der Waals surface area contributed by atoms with Gasteiger partial charge in [0.05, 0.1) is 5.56 Å². The number of hydrogen-bond donors (Lipinski definition) is 2. The topological polar surface area (TPSA) is 69.6 Å². The Morgan fingerprint density at radius 2 is 2.30 bits per heavy atom. The summed E-state index contributed by atoms with van der Waals surface area (Å²) in [4.78, 5) is 24.7. The molecule has 2 heterocycles. The minimum atomic E-state index is -1.82. The Bertz CT molecular complexity index is 577. The molecule has 0 bridgehead atoms. The standard InChI is InChI=1S/C14H15FN2O3/c15-14-4-5-16-7-10(14)8-17(13(14)20)11-3-1-2-9(6-11)12(18)19/h1-3,6,10,16H,4-5,7-8H2,(H,18,19)/t10-,14+/m0/s1. The molecule has 6 heteroatoms. The van der Waals surface area contributed by atoms with Gasteiger partial charge in [0.15, 0.2) is 5.67 Å². The lowest BCUT2D eigenvalue weighted by atomic mass is 9.86. The van der Waals surface area contributed by atoms with Gasteiger partial charge in [0.2, 0.25) is 0 Å². The molecule has 0 unspecified atom stereocenters. The minimum Gasteiger partial charge on any atom is -0.478 e. The fourth-order valence-corrected chi connectivity index (χ4v) is 2.96. The van der Waals surface area contributed by atoms with Gasteiger partial charge in [0, 0.05) is 31.1 Å². The summed E-state index contributed by atoms with van der Waals surface area (Å²) >= 11 is 0. The van der Waals surface area contributed by atoms with E-state index in [9.17, 15) is 14.0 Å². The van der Waals surface area contributed by atoms with E-state index in [1.54, 1.807) is 12.1 Å². The van der Waals surface area contributed by atoms with Gasteiger partial charge in [-0.1, -0.05) is 6.07 Å². The maximum absolute atomic E-state index is 14.8. The lowest BCUT2D eigenvalue weighted by Gasteiger charge is -2.29. The molecular formula is C14H15FN2O3. The van der Waals surface area contributed by atoms with Gasteiger partial charge in [-0.15, -0.1) is 0 Å². The fraction of sp³-hybridized carbons (Fsp3) is 0.429. The summed E-state index contributed by atoms with van der Waals surface area (Å²) in [5.74, 6) is -1.99. The first-order valence-electron chi connectivity index (χ1n) is 6.57. The van der Waals surface area contributed by atoms with Gasteiger partial charge in [-0.3, -0.25) is 4.79 Å². The van der Waals surface area contributed by atoms with Crippen LogP contribution in [0.25, 0.3) is 0 Å². The van der Waals surface area contributed by atoms with Crippen molar-refractivity contribution in [3.63, 3.8) is 0 Å². The average molecular weight is 278 g/mol. The highest BCUT2D eigenvalue weighted by atomic mass is 19.1. The molecule has 0 aliphatic carbocycles. The van der Waals surface area contributed by atoms with Crippen molar-refractivity contribution in [1.82, 2.24) is 5.32 Å². The summed E-state index contributed by atoms with van der Waals surface area (Å²) in [7, 11) is 0. The van der Waals surface area contributed by atoms with Crippen LogP contribution in [0.3, 0.4) is 0 Å². The molecule has 5 nitrogen and oxygen atoms in total. The zero-order valence-corrected chi connectivity index (χ0v) is 10.8. The van der Waals surface area contributed by atoms with Crippen molar-refractivity contribution in [2.45, 2.75) is 12.1 Å². The third-order valence-electron chi connectivity index (χ3n) is 4.11. The predicted octanol–water partition coefficient (Wildman–Crippen LogP) is 1.05. The second-order valence-corrected chi connectivity index (χ2v) is 5.28. The number of fused-ring (bicyclic) bond motifs is 1. The minimum absolute atomic E-state index is 0.0937. The van der Waals surface area contributed by atoms with E-state index in [0.717, 1.165) is 0 Å². The molecule has 0 aromatic heterocycles. The molecule has 2 aliphatic heterocycles. The number of nitrogens with zero attached hydrogens (tertiary/aromatic N) is 1. The van der Waals surface area contributed by atoms with E-state index < -0.39 is 17.5 Å². The third-order valence-corrected chi connectivity index (χ3v) is 4.11. The average Bonchev–Trinajstić information content (AvgIpc) is 2.72. The van der Waals surface area contributed by atoms with Crippen molar-refractivity contribution in [1.29, 1.82) is 0 Å². The van der Waals surface area contributed by atoms with Crippen LogP contribution in [0.4, 0.5) is 10.1 Å². The number of rotatable bonds is 2. The number of halogens is 1. The van der Waals surface area contributed by atoms with Crippen molar-refractivity contribution in [2.24, 2.45) is 5.92 Å². The largest absolute Gasteiger partial charge is 0.478 e. The van der Waals surface area contributed by atoms with E-state index in [1.807, 2.05) is 0 Å². The smallest absolute Gasteiger partial charge is 0.335 e. The van der Waals surface area contributed by atoms with Crippen molar-refractivity contribution in [2.75, 3.05) is 24.5 Å². The molecule has 1 amide bonds. The molecule has 2 N–H and O–H groups in total. The summed E-state index contributed by atoms with van der Waals surface area (Å²) in [6.45, 7) is 1.24. The maximum atomic E-state index is 14.8. The van der Waals surface area contributed by atoms with Gasteiger partial charge in [0.1, 0.15) is 0 Å². The first-order chi connectivity index (χ1) is 9.52. The normalized spacial score (nSPS) is 29.4. The first-order valence-corrected chi connectivity index (χ1v) is 6.57. The monoisotopic (exact) mass is 278 g/mol. The molecule has 2 aliphatic rings. The number of aromatic carboxylic acids is 1. The van der Waals surface area contributed by atoms with Crippen LogP contribution in [-0.4, -0.2) is 42.3 Å². The van der Waals surface area contributed by atoms with Crippen LogP contribution in [0, 0.1) is 5.92 Å². The SMILES string of the molecule is O=C(O)c1cccc(N2C[C@@H]3CNCC[C@]3(F)C2=O)c1. The van der Waals surface area contributed by atoms with Crippen molar-refractivity contribution < 1.29 is 19.1 Å². The summed E-state index contributed by atoms with van der Waals surface area (Å²) in [6, 6.07) is 6.07. The number of anilines is 1. The molecule has 106 valence electrons. The van der Waals surface area contributed by atoms with E-state index in [4.69, 9.17) is 5.11 Å². The van der Waals surface area contributed by atoms with Crippen molar-refractivity contribution in [3.8, 4) is 0 Å². The molecule has 2 saturated heterocycles. The number of carbonyl (C=O) groups is 2. The van der Waals surface area contributed by atoms with Crippen LogP contribution in [0.2, 0.25) is 0 Å². The lowest BCUT2D eigenvalue weighted by molar-refractivity contribution is -0.130. The zero-order chi connectivity index (χ0) is 14.3. The van der Waals surface area contributed by atoms with Gasteiger partial charge >= 0.3 is 5.97 Å². The zero-order valence-electron chi connectivity index (χ0n) is 10.8. The number of carbonyl (C=O) groups excluding carboxylic acids is 1. The summed E-state index contributed by atoms with van der Waals surface area (Å²) in [5.41, 5.74) is -1.28. The van der Waals surface area contributed by atoms with Crippen LogP contribution in [0.15, 0.2) is 24.3 Å². The molecule has 2 fully saturated rings. The quantitative estimate of drug-likeness (QED) is 0.848. The van der Waals surface area contributed by atoms with Gasteiger partial charge in [-0.05, 0) is 24.7 Å². The first kappa shape index (κ1) is 13.1. The number of benzene rings is 1. The summed E-state index contributed by atoms with van der Waals surface area (Å²) in [6.07, 6.45) is 0.172. The Labute approximate surface area is 115 Å². The van der Waals surface area contributed by atoms with Gasteiger partial charge in [-0.25, -0.2) is 9.18 Å². The lowest BCUT2D eigenvalue weighted by Crippen LogP contribution is -2.49. The molecule has 2 atom stereocenters. The molecule has 0 saturated carbocycles. The van der Waals surface area contributed by atoms with Crippen LogP contribution in [0.5, 0.6) is 0 Å². The second kappa shape index (κ2) is 4.56. The van der Waals surface area contributed by atoms with E-state index >= 15 is 0 Å². The van der Waals surface area contributed by atoms with Crippen LogP contribution in [0.1, 0.15) is 16.8 Å². The predicted molar refractivity (Wildman–Crippen MR) is 70.6 cm³/mol. The number of piperidine rings is 1. The molecule has 1 aromatic carbocycles. The molecule has 0 radical (unpaired) electrons. The van der Waals surface area contributed by atoms with Crippen molar-refractivity contribution in [3.05, 3.63) is 29.8 Å². The van der Waals surface area contributed by atoms with Gasteiger partial charge in [-0.2, -0.15) is 0 Å². The highest BCUT2D eigenvalue weighted by Crippen LogP contribution is 2.39. The van der Waals surface area contributed by atoms with E-state index in [-0.39, 0.29) is 24.4 Å². The van der Waals surface area contributed by atoms with E-state index in [0.29, 0.717) is 18.8 Å². The Balaban J connectivity index is 1.94. The number of alkyl halides is 1. The van der Waals surface area contributed by atoms with E-state index in [2.05, 4.69) is 5.32 Å². The van der Waals surface area contributed by atoms with Gasteiger partial charge in [0.25, 0.3) is 5.91 Å². The molecule has 3 rings (SSSR count). The van der Waals surface area contributed by atoms with E-state index in [1.165, 1.54) is 17.0 Å². The number of carboxylic acid groups (broad SMARTS) is 1. The van der Waals surface area contributed by atoms with Crippen LogP contribution < -0.4 is 10.2 Å². The summed E-state index contributed by atoms with van der Waals surface area (Å²) in [5, 5.41) is 12.1. The number of hydrogen-bond acceptors (Lipinski definition) is 3. The molecule has 1 aromatic rings. The van der Waals surface area contributed by atoms with Gasteiger partial charge < -0.3 is 15.3 Å². The summed E-state index contributed by atoms with van der Waals surface area (Å²) < 4.78 is 14.8. The number of amides is 1. The third kappa shape index (κ3) is 1.87. The van der Waals surface area contributed by atoms with Crippen molar-refractivity contribution >= 4 is 17.6 Å². The Hall–Kier alpha value is -1.95. The number of carboxylic acids is 1. The number of nitrogens with one attached hydrogen (secondary N) is 1. The maximum Gasteiger partial charge on any atom is 0.335 e. The Kier molecular flexibility index (Phi) is 2.97. The highest BCUT2D eigenvalue weighted by molar-refractivity contribution is 6.03.